The first-order valence-electron chi connectivity index (χ1n) is 8.04. The molecule has 1 saturated carbocycles. The number of benzene rings is 1. The van der Waals surface area contributed by atoms with Crippen LogP contribution in [0, 0.1) is 0 Å². The van der Waals surface area contributed by atoms with E-state index in [2.05, 4.69) is 15.4 Å². The van der Waals surface area contributed by atoms with Crippen LogP contribution >= 0.6 is 0 Å². The van der Waals surface area contributed by atoms with Gasteiger partial charge in [-0.05, 0) is 24.5 Å². The van der Waals surface area contributed by atoms with Gasteiger partial charge in [0, 0.05) is 12.6 Å². The summed E-state index contributed by atoms with van der Waals surface area (Å²) in [6, 6.07) is 7.07. The zero-order valence-corrected chi connectivity index (χ0v) is 14.3. The average molecular weight is 339 g/mol. The molecule has 0 atom stereocenters. The first kappa shape index (κ1) is 17.6. The van der Waals surface area contributed by atoms with Crippen LogP contribution in [0.5, 0.6) is 0 Å². The predicted molar refractivity (Wildman–Crippen MR) is 91.8 cm³/mol. The lowest BCUT2D eigenvalue weighted by atomic mass is 10.1. The minimum Gasteiger partial charge on any atom is -0.335 e. The van der Waals surface area contributed by atoms with E-state index in [1.165, 1.54) is 12.8 Å². The number of nitrogens with one attached hydrogen (secondary N) is 3. The quantitative estimate of drug-likeness (QED) is 0.721. The summed E-state index contributed by atoms with van der Waals surface area (Å²) in [7, 11) is -3.34. The minimum atomic E-state index is -3.34. The Labute approximate surface area is 138 Å². The summed E-state index contributed by atoms with van der Waals surface area (Å²) >= 11 is 0. The number of rotatable bonds is 5. The van der Waals surface area contributed by atoms with Crippen molar-refractivity contribution in [2.24, 2.45) is 0 Å². The van der Waals surface area contributed by atoms with Gasteiger partial charge in [-0.2, -0.15) is 0 Å². The molecule has 0 spiro atoms. The second-order valence-corrected chi connectivity index (χ2v) is 7.80. The first-order valence-corrected chi connectivity index (χ1v) is 9.93. The van der Waals surface area contributed by atoms with Gasteiger partial charge in [0.25, 0.3) is 0 Å². The zero-order valence-electron chi connectivity index (χ0n) is 13.5. The average Bonchev–Trinajstić information content (AvgIpc) is 2.73. The highest BCUT2D eigenvalue weighted by Crippen LogP contribution is 2.18. The van der Waals surface area contributed by atoms with Crippen molar-refractivity contribution in [2.45, 2.75) is 51.1 Å². The van der Waals surface area contributed by atoms with E-state index in [0.717, 1.165) is 37.5 Å². The zero-order chi connectivity index (χ0) is 16.7. The fourth-order valence-corrected chi connectivity index (χ4v) is 3.41. The summed E-state index contributed by atoms with van der Waals surface area (Å²) in [6.45, 7) is 0.275. The minimum absolute atomic E-state index is 0.203. The molecule has 0 saturated heterocycles. The van der Waals surface area contributed by atoms with E-state index < -0.39 is 10.0 Å². The maximum absolute atomic E-state index is 12.0. The molecule has 1 aliphatic rings. The molecule has 0 unspecified atom stereocenters. The SMILES string of the molecule is CS(=O)(=O)Nc1ccccc1CNC(=O)NC1CCCCCC1. The Morgan fingerprint density at radius 1 is 1.13 bits per heavy atom. The van der Waals surface area contributed by atoms with Crippen LogP contribution in [0.25, 0.3) is 0 Å². The molecule has 0 radical (unpaired) electrons. The molecule has 0 aromatic heterocycles. The van der Waals surface area contributed by atoms with E-state index >= 15 is 0 Å². The number of para-hydroxylation sites is 1. The van der Waals surface area contributed by atoms with E-state index in [4.69, 9.17) is 0 Å². The van der Waals surface area contributed by atoms with Crippen molar-refractivity contribution in [1.29, 1.82) is 0 Å². The Morgan fingerprint density at radius 2 is 1.78 bits per heavy atom. The molecule has 3 N–H and O–H groups in total. The second-order valence-electron chi connectivity index (χ2n) is 6.05. The summed E-state index contributed by atoms with van der Waals surface area (Å²) in [6.07, 6.45) is 7.96. The molecular formula is C16H25N3O3S. The Morgan fingerprint density at radius 3 is 2.43 bits per heavy atom. The molecule has 128 valence electrons. The van der Waals surface area contributed by atoms with Crippen LogP contribution in [-0.2, 0) is 16.6 Å². The predicted octanol–water partition coefficient (Wildman–Crippen LogP) is 2.58. The summed E-state index contributed by atoms with van der Waals surface area (Å²) in [4.78, 5) is 12.0. The van der Waals surface area contributed by atoms with E-state index in [1.807, 2.05) is 6.07 Å². The number of sulfonamides is 1. The maximum Gasteiger partial charge on any atom is 0.315 e. The third kappa shape index (κ3) is 6.48. The Kier molecular flexibility index (Phi) is 6.27. The normalized spacial score (nSPS) is 16.4. The standard InChI is InChI=1S/C16H25N3O3S/c1-23(21,22)19-15-11-7-6-8-13(15)12-17-16(20)18-14-9-4-2-3-5-10-14/h6-8,11,14,19H,2-5,9-10,12H2,1H3,(H2,17,18,20). The van der Waals surface area contributed by atoms with Crippen LogP contribution in [0.1, 0.15) is 44.1 Å². The van der Waals surface area contributed by atoms with Gasteiger partial charge < -0.3 is 10.6 Å². The maximum atomic E-state index is 12.0. The van der Waals surface area contributed by atoms with Crippen molar-refractivity contribution in [3.05, 3.63) is 29.8 Å². The number of hydrogen-bond donors (Lipinski definition) is 3. The number of hydrogen-bond acceptors (Lipinski definition) is 3. The van der Waals surface area contributed by atoms with Crippen LogP contribution in [0.4, 0.5) is 10.5 Å². The van der Waals surface area contributed by atoms with Crippen LogP contribution in [0.2, 0.25) is 0 Å². The molecule has 2 rings (SSSR count). The lowest BCUT2D eigenvalue weighted by molar-refractivity contribution is 0.235. The number of carbonyl (C=O) groups excluding carboxylic acids is 1. The van der Waals surface area contributed by atoms with Gasteiger partial charge >= 0.3 is 6.03 Å². The van der Waals surface area contributed by atoms with Crippen molar-refractivity contribution in [3.8, 4) is 0 Å². The van der Waals surface area contributed by atoms with Crippen LogP contribution < -0.4 is 15.4 Å². The highest BCUT2D eigenvalue weighted by atomic mass is 32.2. The molecule has 2 amide bonds. The van der Waals surface area contributed by atoms with E-state index in [-0.39, 0.29) is 18.6 Å². The highest BCUT2D eigenvalue weighted by Gasteiger charge is 2.15. The van der Waals surface area contributed by atoms with Crippen molar-refractivity contribution < 1.29 is 13.2 Å². The van der Waals surface area contributed by atoms with Crippen LogP contribution in [0.3, 0.4) is 0 Å². The third-order valence-corrected chi connectivity index (χ3v) is 4.53. The van der Waals surface area contributed by atoms with Gasteiger partial charge in [-0.3, -0.25) is 4.72 Å². The van der Waals surface area contributed by atoms with Gasteiger partial charge in [0.15, 0.2) is 0 Å². The van der Waals surface area contributed by atoms with Gasteiger partial charge in [-0.15, -0.1) is 0 Å². The monoisotopic (exact) mass is 339 g/mol. The number of urea groups is 1. The summed E-state index contributed by atoms with van der Waals surface area (Å²) in [5.74, 6) is 0. The van der Waals surface area contributed by atoms with Crippen molar-refractivity contribution >= 4 is 21.7 Å². The summed E-state index contributed by atoms with van der Waals surface area (Å²) in [5.41, 5.74) is 1.22. The van der Waals surface area contributed by atoms with Gasteiger partial charge in [-0.25, -0.2) is 13.2 Å². The molecule has 0 aliphatic heterocycles. The topological polar surface area (TPSA) is 87.3 Å². The molecule has 1 fully saturated rings. The van der Waals surface area contributed by atoms with E-state index in [9.17, 15) is 13.2 Å². The lowest BCUT2D eigenvalue weighted by Crippen LogP contribution is -2.41. The van der Waals surface area contributed by atoms with E-state index in [0.29, 0.717) is 5.69 Å². The van der Waals surface area contributed by atoms with Gasteiger partial charge in [-0.1, -0.05) is 43.9 Å². The fraction of sp³-hybridized carbons (Fsp3) is 0.562. The molecule has 7 heteroatoms. The molecule has 6 nitrogen and oxygen atoms in total. The number of amides is 2. The number of anilines is 1. The van der Waals surface area contributed by atoms with Gasteiger partial charge in [0.1, 0.15) is 0 Å². The van der Waals surface area contributed by atoms with Crippen molar-refractivity contribution in [3.63, 3.8) is 0 Å². The Hall–Kier alpha value is -1.76. The molecule has 0 heterocycles. The Bertz CT molecular complexity index is 623. The lowest BCUT2D eigenvalue weighted by Gasteiger charge is -2.17. The molecule has 1 aromatic carbocycles. The van der Waals surface area contributed by atoms with Crippen molar-refractivity contribution in [1.82, 2.24) is 10.6 Å². The largest absolute Gasteiger partial charge is 0.335 e. The van der Waals surface area contributed by atoms with Crippen LogP contribution in [-0.4, -0.2) is 26.7 Å². The first-order chi connectivity index (χ1) is 10.9. The molecular weight excluding hydrogens is 314 g/mol. The third-order valence-electron chi connectivity index (χ3n) is 3.94. The molecule has 1 aliphatic carbocycles. The summed E-state index contributed by atoms with van der Waals surface area (Å²) < 4.78 is 25.2. The highest BCUT2D eigenvalue weighted by molar-refractivity contribution is 7.92. The summed E-state index contributed by atoms with van der Waals surface area (Å²) in [5, 5.41) is 5.82. The van der Waals surface area contributed by atoms with Gasteiger partial charge in [0.2, 0.25) is 10.0 Å². The van der Waals surface area contributed by atoms with Crippen molar-refractivity contribution in [2.75, 3.05) is 11.0 Å². The molecule has 1 aromatic rings. The second kappa shape index (κ2) is 8.19. The number of carbonyl (C=O) groups is 1. The smallest absolute Gasteiger partial charge is 0.315 e. The Balaban J connectivity index is 1.88. The van der Waals surface area contributed by atoms with E-state index in [1.54, 1.807) is 18.2 Å². The molecule has 23 heavy (non-hydrogen) atoms. The van der Waals surface area contributed by atoms with Crippen LogP contribution in [0.15, 0.2) is 24.3 Å². The molecule has 0 bridgehead atoms. The van der Waals surface area contributed by atoms with Gasteiger partial charge in [0.05, 0.1) is 11.9 Å². The fourth-order valence-electron chi connectivity index (χ4n) is 2.81.